The van der Waals surface area contributed by atoms with Crippen LogP contribution in [-0.4, -0.2) is 14.3 Å². The second kappa shape index (κ2) is 13.6. The summed E-state index contributed by atoms with van der Waals surface area (Å²) in [6.45, 7) is 9.44. The Labute approximate surface area is 347 Å². The van der Waals surface area contributed by atoms with Crippen molar-refractivity contribution in [3.05, 3.63) is 175 Å². The fraction of sp³-hybridized carbons (Fsp3) is 0.179. The van der Waals surface area contributed by atoms with Crippen LogP contribution in [0, 0.1) is 0 Å². The van der Waals surface area contributed by atoms with Crippen LogP contribution in [0.1, 0.15) is 57.1 Å². The van der Waals surface area contributed by atoms with Crippen molar-refractivity contribution < 1.29 is 5.48 Å². The van der Waals surface area contributed by atoms with Crippen molar-refractivity contribution in [3.63, 3.8) is 0 Å². The zero-order valence-electron chi connectivity index (χ0n) is 37.7. The third kappa shape index (κ3) is 5.87. The standard InChI is InChI=1S/C56H49Ge/c1-55(2)31-32-56(3,4)52-35-50(48(34-51(52)55)37-17-8-7-9-18-37)54-45-25-15-14-24-44(45)53(47-28-27-38(57(5)6)33-49(47)54)46-30-29-43(41-22-12-13-23-42(41)46)40-26-16-20-36-19-10-11-21-39(36)40/h7-30,33-35H,31-32H2,1-6H3/i14D,15D,24D,25D. The molecule has 277 valence electrons. The first-order valence-corrected chi connectivity index (χ1v) is 25.6. The Kier molecular flexibility index (Phi) is 7.55. The molecule has 9 aromatic rings. The molecule has 1 aliphatic rings. The summed E-state index contributed by atoms with van der Waals surface area (Å²) in [7, 11) is 0. The molecule has 57 heavy (non-hydrogen) atoms. The number of rotatable bonds is 5. The second-order valence-corrected chi connectivity index (χ2v) is 23.0. The molecule has 0 aromatic heterocycles. The third-order valence-electron chi connectivity index (χ3n) is 12.9. The molecule has 0 amide bonds. The Morgan fingerprint density at radius 1 is 0.439 bits per heavy atom. The Bertz CT molecular complexity index is 3260. The van der Waals surface area contributed by atoms with Gasteiger partial charge in [-0.3, -0.25) is 0 Å². The van der Waals surface area contributed by atoms with Crippen molar-refractivity contribution in [2.75, 3.05) is 0 Å². The molecule has 1 aliphatic carbocycles. The number of fused-ring (bicyclic) bond motifs is 5. The number of hydrogen-bond acceptors (Lipinski definition) is 0. The molecule has 1 radical (unpaired) electrons. The van der Waals surface area contributed by atoms with Gasteiger partial charge in [0.25, 0.3) is 0 Å². The van der Waals surface area contributed by atoms with E-state index in [1.165, 1.54) is 26.3 Å². The number of hydrogen-bond donors (Lipinski definition) is 0. The molecule has 0 heterocycles. The summed E-state index contributed by atoms with van der Waals surface area (Å²) in [6.07, 6.45) is 2.15. The van der Waals surface area contributed by atoms with Gasteiger partial charge in [-0.05, 0) is 0 Å². The van der Waals surface area contributed by atoms with Crippen molar-refractivity contribution in [1.82, 2.24) is 0 Å². The summed E-state index contributed by atoms with van der Waals surface area (Å²) in [4.78, 5) is 0. The van der Waals surface area contributed by atoms with Crippen LogP contribution in [0.3, 0.4) is 0 Å². The second-order valence-electron chi connectivity index (χ2n) is 17.6. The first-order chi connectivity index (χ1) is 29.3. The summed E-state index contributed by atoms with van der Waals surface area (Å²) >= 11 is -1.64. The van der Waals surface area contributed by atoms with Crippen LogP contribution in [0.25, 0.3) is 87.6 Å². The van der Waals surface area contributed by atoms with E-state index in [9.17, 15) is 5.48 Å². The van der Waals surface area contributed by atoms with Crippen molar-refractivity contribution in [3.8, 4) is 44.5 Å². The molecule has 0 saturated heterocycles. The molecule has 0 aliphatic heterocycles. The monoisotopic (exact) mass is 799 g/mol. The van der Waals surface area contributed by atoms with Gasteiger partial charge >= 0.3 is 325 Å². The van der Waals surface area contributed by atoms with Crippen LogP contribution < -0.4 is 4.40 Å². The molecule has 9 aromatic carbocycles. The van der Waals surface area contributed by atoms with Gasteiger partial charge in [0.2, 0.25) is 0 Å². The van der Waals surface area contributed by atoms with Crippen LogP contribution in [0.4, 0.5) is 0 Å². The van der Waals surface area contributed by atoms with Gasteiger partial charge in [-0.25, -0.2) is 0 Å². The third-order valence-corrected chi connectivity index (χ3v) is 16.0. The van der Waals surface area contributed by atoms with Gasteiger partial charge in [-0.15, -0.1) is 0 Å². The van der Waals surface area contributed by atoms with E-state index in [2.05, 4.69) is 179 Å². The van der Waals surface area contributed by atoms with Crippen molar-refractivity contribution in [2.24, 2.45) is 0 Å². The SMILES string of the molecule is [2H]c1c([2H])c([2H])c2c(-c3ccc(-c4cccc5ccccc45)c4ccccc34)c3cc[c]([Ge]([CH3])[CH3])cc3c(-c3cc4c(cc3-c3ccccc3)C(C)(C)CCC4(C)C)c2c1[2H]. The van der Waals surface area contributed by atoms with Crippen molar-refractivity contribution >= 4 is 61.8 Å². The summed E-state index contributed by atoms with van der Waals surface area (Å²) in [5.41, 5.74) is 10.7. The van der Waals surface area contributed by atoms with Crippen LogP contribution in [0.15, 0.2) is 164 Å². The first-order valence-electron chi connectivity index (χ1n) is 22.3. The summed E-state index contributed by atoms with van der Waals surface area (Å²) in [5, 5.41) is 7.68. The van der Waals surface area contributed by atoms with Crippen LogP contribution in [0.2, 0.25) is 11.5 Å². The Morgan fingerprint density at radius 3 is 1.67 bits per heavy atom. The van der Waals surface area contributed by atoms with Crippen LogP contribution in [-0.2, 0) is 10.8 Å². The average molecular weight is 799 g/mol. The normalized spacial score (nSPS) is 15.8. The van der Waals surface area contributed by atoms with Crippen molar-refractivity contribution in [2.45, 2.75) is 62.9 Å². The molecule has 0 bridgehead atoms. The van der Waals surface area contributed by atoms with Gasteiger partial charge in [0.05, 0.1) is 0 Å². The summed E-state index contributed by atoms with van der Waals surface area (Å²) in [5.74, 6) is 4.76. The topological polar surface area (TPSA) is 0 Å². The first kappa shape index (κ1) is 31.6. The van der Waals surface area contributed by atoms with Crippen LogP contribution in [0.5, 0.6) is 0 Å². The van der Waals surface area contributed by atoms with E-state index >= 15 is 0 Å². The average Bonchev–Trinajstić information content (AvgIpc) is 3.27. The van der Waals surface area contributed by atoms with Gasteiger partial charge in [0.15, 0.2) is 0 Å². The molecule has 0 spiro atoms. The maximum absolute atomic E-state index is 9.90. The van der Waals surface area contributed by atoms with E-state index in [4.69, 9.17) is 0 Å². The summed E-state index contributed by atoms with van der Waals surface area (Å²) < 4.78 is 39.5. The van der Waals surface area contributed by atoms with Crippen molar-refractivity contribution in [1.29, 1.82) is 0 Å². The van der Waals surface area contributed by atoms with Gasteiger partial charge < -0.3 is 0 Å². The molecule has 0 atom stereocenters. The van der Waals surface area contributed by atoms with E-state index in [0.717, 1.165) is 78.9 Å². The van der Waals surface area contributed by atoms with Gasteiger partial charge in [0.1, 0.15) is 0 Å². The molecule has 10 rings (SSSR count). The zero-order valence-corrected chi connectivity index (χ0v) is 35.8. The molecule has 1 heteroatoms. The molecule has 0 fully saturated rings. The minimum atomic E-state index is -1.64. The van der Waals surface area contributed by atoms with Gasteiger partial charge in [0, 0.05) is 0 Å². The quantitative estimate of drug-likeness (QED) is 0.120. The predicted molar refractivity (Wildman–Crippen MR) is 251 cm³/mol. The molecular formula is C56H49Ge. The van der Waals surface area contributed by atoms with Gasteiger partial charge in [-0.1, -0.05) is 24.3 Å². The predicted octanol–water partition coefficient (Wildman–Crippen LogP) is 15.3. The van der Waals surface area contributed by atoms with E-state index in [1.54, 1.807) is 0 Å². The fourth-order valence-electron chi connectivity index (χ4n) is 9.69. The maximum atomic E-state index is 9.90. The fourth-order valence-corrected chi connectivity index (χ4v) is 11.5. The van der Waals surface area contributed by atoms with E-state index in [0.29, 0.717) is 10.8 Å². The summed E-state index contributed by atoms with van der Waals surface area (Å²) in [6, 6.07) is 49.8. The van der Waals surface area contributed by atoms with E-state index in [1.807, 2.05) is 0 Å². The Hall–Kier alpha value is -5.44. The van der Waals surface area contributed by atoms with Crippen LogP contribution >= 0.6 is 0 Å². The molecule has 0 saturated carbocycles. The molecular weight excluding hydrogens is 745 g/mol. The molecule has 0 unspecified atom stereocenters. The Balaban J connectivity index is 1.40. The van der Waals surface area contributed by atoms with E-state index in [-0.39, 0.29) is 35.0 Å². The van der Waals surface area contributed by atoms with E-state index < -0.39 is 14.3 Å². The minimum absolute atomic E-state index is 0.00297. The van der Waals surface area contributed by atoms with Gasteiger partial charge in [-0.2, -0.15) is 0 Å². The Morgan fingerprint density at radius 2 is 0.982 bits per heavy atom. The zero-order chi connectivity index (χ0) is 42.5. The molecule has 0 nitrogen and oxygen atoms in total. The molecule has 0 N–H and O–H groups in total. The number of benzene rings is 9.